The highest BCUT2D eigenvalue weighted by atomic mass is 16.6. The van der Waals surface area contributed by atoms with E-state index in [1.807, 2.05) is 39.0 Å². The molecule has 1 amide bonds. The Morgan fingerprint density at radius 2 is 1.77 bits per heavy atom. The van der Waals surface area contributed by atoms with Crippen molar-refractivity contribution in [2.24, 2.45) is 5.41 Å². The summed E-state index contributed by atoms with van der Waals surface area (Å²) in [6.07, 6.45) is 0.625. The smallest absolute Gasteiger partial charge is 0.329 e. The van der Waals surface area contributed by atoms with Gasteiger partial charge >= 0.3 is 5.97 Å². The SMILES string of the molecule is CC1(C)C[C@H](C(=O)OC(C)(C)C)N(C(=O)c2ccccc2)C1. The van der Waals surface area contributed by atoms with E-state index < -0.39 is 11.6 Å². The predicted octanol–water partition coefficient (Wildman–Crippen LogP) is 3.27. The Balaban J connectivity index is 2.24. The van der Waals surface area contributed by atoms with Gasteiger partial charge in [0.25, 0.3) is 5.91 Å². The molecule has 0 aromatic heterocycles. The first-order valence-electron chi connectivity index (χ1n) is 7.68. The fourth-order valence-electron chi connectivity index (χ4n) is 2.81. The Morgan fingerprint density at radius 1 is 1.18 bits per heavy atom. The molecule has 4 nitrogen and oxygen atoms in total. The van der Waals surface area contributed by atoms with Gasteiger partial charge in [0.1, 0.15) is 11.6 Å². The van der Waals surface area contributed by atoms with Gasteiger partial charge in [-0.2, -0.15) is 0 Å². The standard InChI is InChI=1S/C18H25NO3/c1-17(2,3)22-16(21)14-11-18(4,5)12-19(14)15(20)13-9-7-6-8-10-13/h6-10,14H,11-12H2,1-5H3/t14-/m1/s1. The molecule has 1 heterocycles. The van der Waals surface area contributed by atoms with E-state index in [0.717, 1.165) is 0 Å². The minimum atomic E-state index is -0.550. The summed E-state index contributed by atoms with van der Waals surface area (Å²) < 4.78 is 5.50. The molecule has 4 heteroatoms. The summed E-state index contributed by atoms with van der Waals surface area (Å²) in [5.41, 5.74) is -0.0362. The molecule has 22 heavy (non-hydrogen) atoms. The number of esters is 1. The maximum atomic E-state index is 12.7. The zero-order valence-corrected chi connectivity index (χ0v) is 14.1. The predicted molar refractivity (Wildman–Crippen MR) is 85.5 cm³/mol. The van der Waals surface area contributed by atoms with Crippen molar-refractivity contribution in [1.82, 2.24) is 4.90 Å². The van der Waals surface area contributed by atoms with Crippen LogP contribution >= 0.6 is 0 Å². The van der Waals surface area contributed by atoms with Crippen LogP contribution in [0.1, 0.15) is 51.4 Å². The average Bonchev–Trinajstić information content (AvgIpc) is 2.73. The molecule has 0 N–H and O–H groups in total. The van der Waals surface area contributed by atoms with Crippen molar-refractivity contribution in [2.75, 3.05) is 6.54 Å². The first kappa shape index (κ1) is 16.5. The number of nitrogens with zero attached hydrogens (tertiary/aromatic N) is 1. The minimum Gasteiger partial charge on any atom is -0.458 e. The van der Waals surface area contributed by atoms with Crippen LogP contribution in [-0.2, 0) is 9.53 Å². The van der Waals surface area contributed by atoms with Crippen molar-refractivity contribution >= 4 is 11.9 Å². The normalized spacial score (nSPS) is 20.8. The lowest BCUT2D eigenvalue weighted by Gasteiger charge is -2.27. The van der Waals surface area contributed by atoms with Crippen molar-refractivity contribution in [3.8, 4) is 0 Å². The molecule has 1 fully saturated rings. The summed E-state index contributed by atoms with van der Waals surface area (Å²) >= 11 is 0. The minimum absolute atomic E-state index is 0.0913. The van der Waals surface area contributed by atoms with Gasteiger partial charge in [0.2, 0.25) is 0 Å². The van der Waals surface area contributed by atoms with Gasteiger partial charge in [0.15, 0.2) is 0 Å². The summed E-state index contributed by atoms with van der Waals surface area (Å²) in [5, 5.41) is 0. The van der Waals surface area contributed by atoms with Crippen molar-refractivity contribution in [1.29, 1.82) is 0 Å². The number of hydrogen-bond donors (Lipinski definition) is 0. The van der Waals surface area contributed by atoms with Crippen LogP contribution in [0.5, 0.6) is 0 Å². The molecule has 2 rings (SSSR count). The van der Waals surface area contributed by atoms with Crippen LogP contribution in [0.2, 0.25) is 0 Å². The van der Waals surface area contributed by atoms with E-state index in [1.54, 1.807) is 17.0 Å². The maximum Gasteiger partial charge on any atom is 0.329 e. The highest BCUT2D eigenvalue weighted by molar-refractivity contribution is 5.97. The molecule has 1 aromatic rings. The number of carbonyl (C=O) groups is 2. The Labute approximate surface area is 132 Å². The van der Waals surface area contributed by atoms with Gasteiger partial charge in [-0.1, -0.05) is 32.0 Å². The number of amides is 1. The monoisotopic (exact) mass is 303 g/mol. The quantitative estimate of drug-likeness (QED) is 0.788. The largest absolute Gasteiger partial charge is 0.458 e. The van der Waals surface area contributed by atoms with Crippen molar-refractivity contribution in [2.45, 2.75) is 52.7 Å². The first-order chi connectivity index (χ1) is 10.1. The van der Waals surface area contributed by atoms with Crippen molar-refractivity contribution in [3.63, 3.8) is 0 Å². The zero-order valence-electron chi connectivity index (χ0n) is 14.1. The topological polar surface area (TPSA) is 46.6 Å². The summed E-state index contributed by atoms with van der Waals surface area (Å²) in [5.74, 6) is -0.426. The third kappa shape index (κ3) is 3.87. The molecule has 0 spiro atoms. The lowest BCUT2D eigenvalue weighted by Crippen LogP contribution is -2.43. The fraction of sp³-hybridized carbons (Fsp3) is 0.556. The molecule has 1 aliphatic rings. The zero-order chi connectivity index (χ0) is 16.5. The molecule has 0 radical (unpaired) electrons. The van der Waals surface area contributed by atoms with Crippen LogP contribution in [0.25, 0.3) is 0 Å². The highest BCUT2D eigenvalue weighted by Gasteiger charge is 2.45. The summed E-state index contributed by atoms with van der Waals surface area (Å²) in [6.45, 7) is 10.2. The number of carbonyl (C=O) groups excluding carboxylic acids is 2. The number of rotatable bonds is 2. The molecule has 0 saturated carbocycles. The molecule has 0 bridgehead atoms. The summed E-state index contributed by atoms with van der Waals surface area (Å²) in [6, 6.07) is 8.57. The van der Waals surface area contributed by atoms with Crippen LogP contribution in [0.15, 0.2) is 30.3 Å². The van der Waals surface area contributed by atoms with E-state index in [4.69, 9.17) is 4.74 Å². The van der Waals surface area contributed by atoms with Crippen molar-refractivity contribution < 1.29 is 14.3 Å². The fourth-order valence-corrected chi connectivity index (χ4v) is 2.81. The highest BCUT2D eigenvalue weighted by Crippen LogP contribution is 2.36. The van der Waals surface area contributed by atoms with Crippen LogP contribution in [-0.4, -0.2) is 35.0 Å². The number of hydrogen-bond acceptors (Lipinski definition) is 3. The second-order valence-corrected chi connectivity index (χ2v) is 7.72. The van der Waals surface area contributed by atoms with Gasteiger partial charge in [-0.05, 0) is 44.7 Å². The van der Waals surface area contributed by atoms with Crippen LogP contribution in [0, 0.1) is 5.41 Å². The molecule has 1 aliphatic heterocycles. The van der Waals surface area contributed by atoms with E-state index in [2.05, 4.69) is 13.8 Å². The van der Waals surface area contributed by atoms with E-state index in [-0.39, 0.29) is 17.3 Å². The Kier molecular flexibility index (Phi) is 4.32. The van der Waals surface area contributed by atoms with E-state index in [9.17, 15) is 9.59 Å². The van der Waals surface area contributed by atoms with Gasteiger partial charge < -0.3 is 9.64 Å². The summed E-state index contributed by atoms with van der Waals surface area (Å²) in [7, 11) is 0. The van der Waals surface area contributed by atoms with Crippen LogP contribution in [0.4, 0.5) is 0 Å². The molecule has 0 unspecified atom stereocenters. The lowest BCUT2D eigenvalue weighted by molar-refractivity contribution is -0.159. The number of likely N-dealkylation sites (tertiary alicyclic amines) is 1. The van der Waals surface area contributed by atoms with Gasteiger partial charge in [0, 0.05) is 12.1 Å². The molecule has 0 aliphatic carbocycles. The van der Waals surface area contributed by atoms with Gasteiger partial charge in [-0.15, -0.1) is 0 Å². The average molecular weight is 303 g/mol. The van der Waals surface area contributed by atoms with E-state index in [1.165, 1.54) is 0 Å². The maximum absolute atomic E-state index is 12.7. The van der Waals surface area contributed by atoms with Crippen molar-refractivity contribution in [3.05, 3.63) is 35.9 Å². The first-order valence-corrected chi connectivity index (χ1v) is 7.68. The third-order valence-corrected chi connectivity index (χ3v) is 3.68. The molecule has 1 aromatic carbocycles. The molecule has 1 atom stereocenters. The molecular weight excluding hydrogens is 278 g/mol. The molecular formula is C18H25NO3. The molecule has 1 saturated heterocycles. The summed E-state index contributed by atoms with van der Waals surface area (Å²) in [4.78, 5) is 26.9. The Hall–Kier alpha value is -1.84. The Bertz CT molecular complexity index is 557. The van der Waals surface area contributed by atoms with Gasteiger partial charge in [-0.3, -0.25) is 4.79 Å². The second-order valence-electron chi connectivity index (χ2n) is 7.72. The van der Waals surface area contributed by atoms with Crippen LogP contribution < -0.4 is 0 Å². The third-order valence-electron chi connectivity index (χ3n) is 3.68. The second kappa shape index (κ2) is 5.75. The van der Waals surface area contributed by atoms with Gasteiger partial charge in [-0.25, -0.2) is 4.79 Å². The van der Waals surface area contributed by atoms with Crippen LogP contribution in [0.3, 0.4) is 0 Å². The number of ether oxygens (including phenoxy) is 1. The van der Waals surface area contributed by atoms with Gasteiger partial charge in [0.05, 0.1) is 0 Å². The lowest BCUT2D eigenvalue weighted by atomic mass is 9.91. The number of benzene rings is 1. The Morgan fingerprint density at radius 3 is 2.32 bits per heavy atom. The molecule has 120 valence electrons. The van der Waals surface area contributed by atoms with E-state index >= 15 is 0 Å². The van der Waals surface area contributed by atoms with E-state index in [0.29, 0.717) is 18.5 Å².